The smallest absolute Gasteiger partial charge is 0.273 e. The van der Waals surface area contributed by atoms with Crippen LogP contribution in [0.3, 0.4) is 0 Å². The Bertz CT molecular complexity index is 1390. The third kappa shape index (κ3) is 4.63. The fourth-order valence-corrected chi connectivity index (χ4v) is 3.52. The van der Waals surface area contributed by atoms with E-state index < -0.39 is 10.8 Å². The lowest BCUT2D eigenvalue weighted by atomic mass is 10.1. The molecule has 9 nitrogen and oxygen atoms in total. The van der Waals surface area contributed by atoms with Gasteiger partial charge in [0, 0.05) is 39.7 Å². The van der Waals surface area contributed by atoms with E-state index in [9.17, 15) is 14.9 Å². The average molecular weight is 512 g/mol. The van der Waals surface area contributed by atoms with E-state index in [0.717, 1.165) is 10.0 Å². The number of fused-ring (bicyclic) bond motifs is 1. The number of anilines is 1. The van der Waals surface area contributed by atoms with Crippen LogP contribution in [0.15, 0.2) is 63.7 Å². The molecule has 0 radical (unpaired) electrons. The number of nitro benzene ring substituents is 1. The number of oxazole rings is 1. The number of aromatic nitrogens is 2. The molecule has 0 saturated heterocycles. The van der Waals surface area contributed by atoms with E-state index in [1.54, 1.807) is 37.5 Å². The number of halogens is 1. The predicted octanol–water partition coefficient (Wildman–Crippen LogP) is 5.00. The van der Waals surface area contributed by atoms with E-state index in [0.29, 0.717) is 28.2 Å². The van der Waals surface area contributed by atoms with Crippen LogP contribution in [-0.4, -0.2) is 25.9 Å². The van der Waals surface area contributed by atoms with E-state index in [-0.39, 0.29) is 16.4 Å². The van der Waals surface area contributed by atoms with Crippen LogP contribution in [0.4, 0.5) is 11.4 Å². The van der Waals surface area contributed by atoms with Gasteiger partial charge < -0.3 is 9.73 Å². The summed E-state index contributed by atoms with van der Waals surface area (Å²) < 4.78 is 6.58. The summed E-state index contributed by atoms with van der Waals surface area (Å²) in [5.41, 5.74) is 2.94. The van der Waals surface area contributed by atoms with Crippen LogP contribution in [0.5, 0.6) is 0 Å². The Morgan fingerprint density at radius 3 is 2.75 bits per heavy atom. The molecule has 0 spiro atoms. The Morgan fingerprint density at radius 1 is 1.19 bits per heavy atom. The molecule has 160 valence electrons. The number of aryl methyl sites for hydroxylation is 1. The molecule has 0 atom stereocenters. The molecule has 0 saturated carbocycles. The Labute approximate surface area is 195 Å². The van der Waals surface area contributed by atoms with Crippen LogP contribution in [0, 0.1) is 17.0 Å². The van der Waals surface area contributed by atoms with Gasteiger partial charge in [-0.25, -0.2) is 4.98 Å². The van der Waals surface area contributed by atoms with E-state index in [1.165, 1.54) is 18.2 Å². The van der Waals surface area contributed by atoms with E-state index in [2.05, 4.69) is 36.5 Å². The van der Waals surface area contributed by atoms with Crippen molar-refractivity contribution >= 4 is 61.6 Å². The molecule has 1 amide bonds. The van der Waals surface area contributed by atoms with Crippen LogP contribution in [0.25, 0.3) is 22.6 Å². The number of carbonyl (C=O) groups is 1. The van der Waals surface area contributed by atoms with Gasteiger partial charge in [0.1, 0.15) is 5.52 Å². The lowest BCUT2D eigenvalue weighted by Crippen LogP contribution is -2.34. The number of amides is 1. The SMILES string of the molecule is Cc1ccc(C(=O)NC(=S)Nc2ccc3oc(-c4cncc(Br)c4)nc3c2)cc1[N+](=O)[O-]. The number of pyridine rings is 1. The number of carbonyl (C=O) groups excluding carboxylic acids is 1. The predicted molar refractivity (Wildman–Crippen MR) is 126 cm³/mol. The lowest BCUT2D eigenvalue weighted by molar-refractivity contribution is -0.385. The summed E-state index contributed by atoms with van der Waals surface area (Å²) in [5, 5.41) is 16.6. The second-order valence-corrected chi connectivity index (χ2v) is 8.08. The third-order valence-corrected chi connectivity index (χ3v) is 5.13. The number of nitrogens with one attached hydrogen (secondary N) is 2. The standard InChI is InChI=1S/C21H14BrN5O4S/c1-11-2-3-12(7-17(11)27(29)30)19(28)26-21(32)24-15-4-5-18-16(8-15)25-20(31-18)13-6-14(22)10-23-9-13/h2-10H,1H3,(H2,24,26,28,32). The summed E-state index contributed by atoms with van der Waals surface area (Å²) in [6, 6.07) is 11.3. The first kappa shape index (κ1) is 21.5. The number of nitrogens with zero attached hydrogens (tertiary/aromatic N) is 3. The molecule has 0 bridgehead atoms. The van der Waals surface area contributed by atoms with E-state index in [4.69, 9.17) is 16.6 Å². The highest BCUT2D eigenvalue weighted by Crippen LogP contribution is 2.27. The van der Waals surface area contributed by atoms with Crippen LogP contribution < -0.4 is 10.6 Å². The van der Waals surface area contributed by atoms with Gasteiger partial charge in [-0.3, -0.25) is 25.2 Å². The maximum Gasteiger partial charge on any atom is 0.273 e. The highest BCUT2D eigenvalue weighted by atomic mass is 79.9. The quantitative estimate of drug-likeness (QED) is 0.223. The van der Waals surface area contributed by atoms with Crippen molar-refractivity contribution < 1.29 is 14.1 Å². The Hall–Kier alpha value is -3.70. The fraction of sp³-hybridized carbons (Fsp3) is 0.0476. The zero-order valence-electron chi connectivity index (χ0n) is 16.5. The largest absolute Gasteiger partial charge is 0.436 e. The molecule has 2 N–H and O–H groups in total. The van der Waals surface area contributed by atoms with Crippen molar-refractivity contribution in [3.8, 4) is 11.5 Å². The van der Waals surface area contributed by atoms with Gasteiger partial charge in [0.15, 0.2) is 10.7 Å². The topological polar surface area (TPSA) is 123 Å². The molecule has 0 aliphatic rings. The number of rotatable bonds is 4. The maximum absolute atomic E-state index is 12.4. The van der Waals surface area contributed by atoms with Crippen molar-refractivity contribution in [1.82, 2.24) is 15.3 Å². The van der Waals surface area contributed by atoms with E-state index >= 15 is 0 Å². The number of hydrogen-bond acceptors (Lipinski definition) is 7. The number of nitro groups is 1. The second-order valence-electron chi connectivity index (χ2n) is 6.76. The summed E-state index contributed by atoms with van der Waals surface area (Å²) in [5.74, 6) is -0.139. The first-order chi connectivity index (χ1) is 15.3. The summed E-state index contributed by atoms with van der Waals surface area (Å²) in [6.07, 6.45) is 3.31. The second kappa shape index (κ2) is 8.81. The van der Waals surface area contributed by atoms with Crippen LogP contribution in [0.2, 0.25) is 0 Å². The molecule has 0 fully saturated rings. The van der Waals surface area contributed by atoms with Crippen LogP contribution in [-0.2, 0) is 0 Å². The van der Waals surface area contributed by atoms with Crippen molar-refractivity contribution in [2.24, 2.45) is 0 Å². The molecule has 2 aromatic heterocycles. The molecular weight excluding hydrogens is 498 g/mol. The molecule has 32 heavy (non-hydrogen) atoms. The molecule has 11 heteroatoms. The van der Waals surface area contributed by atoms with Crippen LogP contribution >= 0.6 is 28.1 Å². The van der Waals surface area contributed by atoms with Gasteiger partial charge in [0.2, 0.25) is 5.89 Å². The van der Waals surface area contributed by atoms with Crippen molar-refractivity contribution in [2.75, 3.05) is 5.32 Å². The first-order valence-corrected chi connectivity index (χ1v) is 10.4. The van der Waals surface area contributed by atoms with E-state index in [1.807, 2.05) is 6.07 Å². The molecule has 2 aromatic carbocycles. The molecule has 4 aromatic rings. The average Bonchev–Trinajstić information content (AvgIpc) is 3.17. The van der Waals surface area contributed by atoms with Gasteiger partial charge in [0.05, 0.1) is 10.5 Å². The molecule has 0 unspecified atom stereocenters. The summed E-state index contributed by atoms with van der Waals surface area (Å²) in [7, 11) is 0. The maximum atomic E-state index is 12.4. The van der Waals surface area contributed by atoms with Gasteiger partial charge in [-0.15, -0.1) is 0 Å². The normalized spacial score (nSPS) is 10.7. The number of hydrogen-bond donors (Lipinski definition) is 2. The Balaban J connectivity index is 1.48. The Morgan fingerprint density at radius 2 is 2.00 bits per heavy atom. The van der Waals surface area contributed by atoms with Crippen molar-refractivity contribution in [3.63, 3.8) is 0 Å². The molecule has 0 aliphatic heterocycles. The highest BCUT2D eigenvalue weighted by molar-refractivity contribution is 9.10. The minimum Gasteiger partial charge on any atom is -0.436 e. The molecule has 2 heterocycles. The zero-order valence-corrected chi connectivity index (χ0v) is 18.9. The minimum absolute atomic E-state index is 0.0393. The lowest BCUT2D eigenvalue weighted by Gasteiger charge is -2.09. The first-order valence-electron chi connectivity index (χ1n) is 9.19. The van der Waals surface area contributed by atoms with Gasteiger partial charge in [0.25, 0.3) is 11.6 Å². The molecule has 0 aliphatic carbocycles. The van der Waals surface area contributed by atoms with Gasteiger partial charge in [-0.2, -0.15) is 0 Å². The minimum atomic E-state index is -0.558. The Kier molecular flexibility index (Phi) is 5.93. The third-order valence-electron chi connectivity index (χ3n) is 4.49. The van der Waals surface area contributed by atoms with Crippen LogP contribution in [0.1, 0.15) is 15.9 Å². The zero-order chi connectivity index (χ0) is 22.8. The molecular formula is C21H14BrN5O4S. The highest BCUT2D eigenvalue weighted by Gasteiger charge is 2.16. The summed E-state index contributed by atoms with van der Waals surface area (Å²) >= 11 is 8.58. The summed E-state index contributed by atoms with van der Waals surface area (Å²) in [6.45, 7) is 1.60. The van der Waals surface area contributed by atoms with Gasteiger partial charge in [-0.1, -0.05) is 6.07 Å². The summed E-state index contributed by atoms with van der Waals surface area (Å²) in [4.78, 5) is 31.6. The van der Waals surface area contributed by atoms with Gasteiger partial charge in [-0.05, 0) is 65.4 Å². The van der Waals surface area contributed by atoms with Crippen molar-refractivity contribution in [2.45, 2.75) is 6.92 Å². The number of benzene rings is 2. The number of thiocarbonyl (C=S) groups is 1. The fourth-order valence-electron chi connectivity index (χ4n) is 2.94. The van der Waals surface area contributed by atoms with Gasteiger partial charge >= 0.3 is 0 Å². The monoisotopic (exact) mass is 511 g/mol. The molecule has 4 rings (SSSR count). The van der Waals surface area contributed by atoms with Crippen molar-refractivity contribution in [3.05, 3.63) is 80.6 Å². The van der Waals surface area contributed by atoms with Crippen molar-refractivity contribution in [1.29, 1.82) is 0 Å².